The first kappa shape index (κ1) is 29.2. The van der Waals surface area contributed by atoms with Crippen LogP contribution in [-0.4, -0.2) is 42.0 Å². The SMILES string of the molecule is COC(=O)Nc1ccc2c(c1)NCCC/C=C/C[C@H](NC(=O)/C=C/c1cc(Cl)ccc1N(N)/C=N\N)c1ncc-2[nH]1. The van der Waals surface area contributed by atoms with Gasteiger partial charge in [-0.25, -0.2) is 15.6 Å². The minimum Gasteiger partial charge on any atom is -0.453 e. The van der Waals surface area contributed by atoms with E-state index < -0.39 is 12.1 Å². The van der Waals surface area contributed by atoms with Gasteiger partial charge in [-0.05, 0) is 61.7 Å². The maximum atomic E-state index is 13.0. The molecule has 3 aromatic rings. The van der Waals surface area contributed by atoms with Crippen molar-refractivity contribution in [3.8, 4) is 11.3 Å². The van der Waals surface area contributed by atoms with Crippen molar-refractivity contribution < 1.29 is 14.3 Å². The van der Waals surface area contributed by atoms with E-state index in [4.69, 9.17) is 28.0 Å². The quantitative estimate of drug-likeness (QED) is 0.0619. The Morgan fingerprint density at radius 1 is 1.24 bits per heavy atom. The van der Waals surface area contributed by atoms with Gasteiger partial charge in [0.2, 0.25) is 5.91 Å². The molecule has 1 aromatic heterocycles. The number of hydrazone groups is 1. The number of rotatable bonds is 6. The van der Waals surface area contributed by atoms with Gasteiger partial charge in [-0.1, -0.05) is 23.8 Å². The van der Waals surface area contributed by atoms with Crippen molar-refractivity contribution in [3.05, 3.63) is 77.2 Å². The highest BCUT2D eigenvalue weighted by atomic mass is 35.5. The first-order valence-electron chi connectivity index (χ1n) is 12.9. The highest BCUT2D eigenvalue weighted by molar-refractivity contribution is 6.30. The van der Waals surface area contributed by atoms with Crippen LogP contribution in [-0.2, 0) is 9.53 Å². The Hall–Kier alpha value is -4.81. The number of allylic oxidation sites excluding steroid dienone is 1. The van der Waals surface area contributed by atoms with E-state index in [1.807, 2.05) is 18.2 Å². The number of carbonyl (C=O) groups is 2. The van der Waals surface area contributed by atoms with Gasteiger partial charge in [0.05, 0.1) is 30.7 Å². The normalized spacial score (nSPS) is 16.0. The Morgan fingerprint density at radius 3 is 2.90 bits per heavy atom. The van der Waals surface area contributed by atoms with Crippen molar-refractivity contribution in [2.24, 2.45) is 16.8 Å². The van der Waals surface area contributed by atoms with E-state index in [0.29, 0.717) is 34.2 Å². The molecule has 2 aromatic carbocycles. The van der Waals surface area contributed by atoms with Crippen molar-refractivity contribution in [1.82, 2.24) is 15.3 Å². The maximum absolute atomic E-state index is 13.0. The van der Waals surface area contributed by atoms with Crippen LogP contribution in [0.1, 0.15) is 36.7 Å². The average Bonchev–Trinajstić information content (AvgIpc) is 3.45. The predicted octanol–water partition coefficient (Wildman–Crippen LogP) is 4.51. The largest absolute Gasteiger partial charge is 0.453 e. The van der Waals surface area contributed by atoms with Crippen molar-refractivity contribution in [1.29, 1.82) is 0 Å². The number of hydrogen-bond acceptors (Lipinski definition) is 8. The smallest absolute Gasteiger partial charge is 0.411 e. The van der Waals surface area contributed by atoms with E-state index in [1.165, 1.54) is 24.5 Å². The number of nitrogens with two attached hydrogens (primary N) is 2. The molecule has 0 unspecified atom stereocenters. The predicted molar refractivity (Wildman–Crippen MR) is 162 cm³/mol. The number of nitrogens with zero attached hydrogens (tertiary/aromatic N) is 3. The number of amides is 2. The number of anilines is 3. The maximum Gasteiger partial charge on any atom is 0.411 e. The second-order valence-corrected chi connectivity index (χ2v) is 9.54. The lowest BCUT2D eigenvalue weighted by atomic mass is 10.1. The summed E-state index contributed by atoms with van der Waals surface area (Å²) >= 11 is 6.17. The minimum atomic E-state index is -0.549. The average molecular weight is 578 g/mol. The van der Waals surface area contributed by atoms with E-state index in [9.17, 15) is 9.59 Å². The fourth-order valence-electron chi connectivity index (χ4n) is 4.27. The highest BCUT2D eigenvalue weighted by Gasteiger charge is 2.18. The molecule has 0 saturated carbocycles. The van der Waals surface area contributed by atoms with Crippen molar-refractivity contribution in [3.63, 3.8) is 0 Å². The van der Waals surface area contributed by atoms with Crippen LogP contribution in [0.5, 0.6) is 0 Å². The fourth-order valence-corrected chi connectivity index (χ4v) is 4.45. The standard InChI is InChI=1S/C28H32ClN9O3/c1-41-28(40)35-20-9-10-21-23(15-20)32-13-5-3-2-4-6-22(27-33-16-24(21)37-27)36-26(39)12-7-18-14-19(29)8-11-25(18)38(31)17-34-30/h2,4,7-12,14-17,22,32H,3,5-6,13,30-31H2,1H3,(H,33,37)(H,35,40)(H,36,39)/b4-2+,12-7+,34-17-/t22-/m0/s1. The van der Waals surface area contributed by atoms with Gasteiger partial charge < -0.3 is 26.2 Å². The number of ether oxygens (including phenoxy) is 1. The van der Waals surface area contributed by atoms with Gasteiger partial charge in [0.25, 0.3) is 0 Å². The summed E-state index contributed by atoms with van der Waals surface area (Å²) in [7, 11) is 1.32. The van der Waals surface area contributed by atoms with Gasteiger partial charge >= 0.3 is 6.09 Å². The molecule has 12 nitrogen and oxygen atoms in total. The number of nitrogens with one attached hydrogen (secondary N) is 4. The Bertz CT molecular complexity index is 1470. The van der Waals surface area contributed by atoms with Crippen LogP contribution in [0.3, 0.4) is 0 Å². The monoisotopic (exact) mass is 577 g/mol. The lowest BCUT2D eigenvalue weighted by molar-refractivity contribution is -0.117. The number of halogens is 1. The Labute approximate surface area is 242 Å². The van der Waals surface area contributed by atoms with Crippen LogP contribution < -0.4 is 32.6 Å². The summed E-state index contributed by atoms with van der Waals surface area (Å²) in [6.07, 6.45) is 11.9. The van der Waals surface area contributed by atoms with Crippen LogP contribution in [0.4, 0.5) is 21.9 Å². The molecule has 2 amide bonds. The lowest BCUT2D eigenvalue weighted by Gasteiger charge is -2.16. The molecule has 1 aliphatic heterocycles. The number of benzene rings is 2. The first-order valence-corrected chi connectivity index (χ1v) is 13.2. The third kappa shape index (κ3) is 7.87. The number of hydrazine groups is 1. The van der Waals surface area contributed by atoms with Crippen molar-refractivity contribution in [2.75, 3.05) is 29.3 Å². The van der Waals surface area contributed by atoms with Gasteiger partial charge in [-0.15, -0.1) is 0 Å². The molecule has 4 rings (SSSR count). The van der Waals surface area contributed by atoms with E-state index in [2.05, 4.69) is 37.1 Å². The molecular formula is C28H32ClN9O3. The van der Waals surface area contributed by atoms with Gasteiger partial charge in [0, 0.05) is 40.1 Å². The summed E-state index contributed by atoms with van der Waals surface area (Å²) in [6, 6.07) is 10.2. The number of imidazole rings is 1. The first-order chi connectivity index (χ1) is 19.9. The van der Waals surface area contributed by atoms with Crippen LogP contribution in [0.2, 0.25) is 5.02 Å². The van der Waals surface area contributed by atoms with Gasteiger partial charge in [-0.3, -0.25) is 15.1 Å². The Morgan fingerprint density at radius 2 is 2.10 bits per heavy atom. The summed E-state index contributed by atoms with van der Waals surface area (Å²) in [4.78, 5) is 32.7. The molecule has 214 valence electrons. The second-order valence-electron chi connectivity index (χ2n) is 9.10. The number of H-pyrrole nitrogens is 1. The molecule has 41 heavy (non-hydrogen) atoms. The summed E-state index contributed by atoms with van der Waals surface area (Å²) < 4.78 is 4.71. The van der Waals surface area contributed by atoms with Crippen molar-refractivity contribution in [2.45, 2.75) is 25.3 Å². The van der Waals surface area contributed by atoms with E-state index in [0.717, 1.165) is 36.3 Å². The van der Waals surface area contributed by atoms with E-state index in [-0.39, 0.29) is 5.91 Å². The zero-order valence-electron chi connectivity index (χ0n) is 22.4. The Kier molecular flexibility index (Phi) is 9.97. The van der Waals surface area contributed by atoms with E-state index >= 15 is 0 Å². The summed E-state index contributed by atoms with van der Waals surface area (Å²) in [5.41, 5.74) is 4.23. The highest BCUT2D eigenvalue weighted by Crippen LogP contribution is 2.31. The number of aromatic nitrogens is 2. The van der Waals surface area contributed by atoms with Crippen molar-refractivity contribution >= 4 is 53.1 Å². The third-order valence-corrected chi connectivity index (χ3v) is 6.49. The summed E-state index contributed by atoms with van der Waals surface area (Å²) in [5, 5.41) is 14.3. The second kappa shape index (κ2) is 14.0. The molecule has 2 heterocycles. The minimum absolute atomic E-state index is 0.326. The summed E-state index contributed by atoms with van der Waals surface area (Å²) in [6.45, 7) is 0.730. The molecule has 1 atom stereocenters. The Balaban J connectivity index is 1.58. The summed E-state index contributed by atoms with van der Waals surface area (Å²) in [5.74, 6) is 11.5. The zero-order chi connectivity index (χ0) is 29.2. The molecule has 8 N–H and O–H groups in total. The number of methoxy groups -OCH3 is 1. The number of hydrogen-bond donors (Lipinski definition) is 6. The van der Waals surface area contributed by atoms with Crippen LogP contribution in [0.25, 0.3) is 17.3 Å². The molecule has 1 aliphatic rings. The number of fused-ring (bicyclic) bond motifs is 4. The topological polar surface area (TPSA) is 176 Å². The van der Waals surface area contributed by atoms with Crippen LogP contribution in [0, 0.1) is 0 Å². The molecular weight excluding hydrogens is 546 g/mol. The zero-order valence-corrected chi connectivity index (χ0v) is 23.2. The number of carbonyl (C=O) groups excluding carboxylic acids is 2. The fraction of sp³-hybridized carbons (Fsp3) is 0.214. The molecule has 0 aliphatic carbocycles. The molecule has 2 bridgehead atoms. The number of aromatic amines is 1. The van der Waals surface area contributed by atoms with Crippen LogP contribution >= 0.6 is 11.6 Å². The molecule has 0 spiro atoms. The van der Waals surface area contributed by atoms with Gasteiger partial charge in [0.1, 0.15) is 12.2 Å². The molecule has 0 fully saturated rings. The molecule has 0 saturated heterocycles. The molecule has 0 radical (unpaired) electrons. The third-order valence-electron chi connectivity index (χ3n) is 6.26. The van der Waals surface area contributed by atoms with Crippen LogP contribution in [0.15, 0.2) is 65.9 Å². The van der Waals surface area contributed by atoms with Gasteiger partial charge in [-0.2, -0.15) is 5.10 Å². The van der Waals surface area contributed by atoms with E-state index in [1.54, 1.807) is 36.5 Å². The molecule has 13 heteroatoms. The van der Waals surface area contributed by atoms with Gasteiger partial charge in [0.15, 0.2) is 0 Å². The lowest BCUT2D eigenvalue weighted by Crippen LogP contribution is -2.30.